The number of carbonyl (C=O) groups is 2. The minimum Gasteiger partial charge on any atom is -0.354 e. The van der Waals surface area contributed by atoms with Gasteiger partial charge in [0.15, 0.2) is 0 Å². The second-order valence-electron chi connectivity index (χ2n) is 9.96. The molecule has 1 saturated heterocycles. The fourth-order valence-corrected chi connectivity index (χ4v) is 6.30. The van der Waals surface area contributed by atoms with Gasteiger partial charge in [-0.1, -0.05) is 72.8 Å². The Morgan fingerprint density at radius 1 is 0.821 bits per heavy atom. The van der Waals surface area contributed by atoms with Gasteiger partial charge in [0.2, 0.25) is 21.8 Å². The van der Waals surface area contributed by atoms with E-state index in [4.69, 9.17) is 0 Å². The van der Waals surface area contributed by atoms with Gasteiger partial charge in [-0.15, -0.1) is 0 Å². The number of nitrogens with one attached hydrogen (secondary N) is 1. The molecule has 0 radical (unpaired) electrons. The molecule has 2 amide bonds. The molecule has 0 aliphatic carbocycles. The topological polar surface area (TPSA) is 86.8 Å². The van der Waals surface area contributed by atoms with E-state index >= 15 is 0 Å². The van der Waals surface area contributed by atoms with Gasteiger partial charge in [-0.05, 0) is 61.4 Å². The molecule has 0 aromatic heterocycles. The Kier molecular flexibility index (Phi) is 9.90. The number of amides is 2. The molecule has 4 rings (SSSR count). The van der Waals surface area contributed by atoms with E-state index < -0.39 is 16.1 Å². The largest absolute Gasteiger partial charge is 0.354 e. The Balaban J connectivity index is 1.38. The third-order valence-electron chi connectivity index (χ3n) is 7.17. The second kappa shape index (κ2) is 13.5. The third kappa shape index (κ3) is 7.77. The van der Waals surface area contributed by atoms with E-state index in [9.17, 15) is 18.0 Å². The Morgan fingerprint density at radius 3 is 2.00 bits per heavy atom. The SMILES string of the molecule is C[C@@H](C(=O)NCCc1ccccc1)N(Cc1ccccc1)C(=O)CCc1ccc(S(=O)(=O)N2CCCC2)cc1. The molecule has 1 heterocycles. The Bertz CT molecular complexity index is 1320. The van der Waals surface area contributed by atoms with E-state index in [0.717, 1.165) is 36.0 Å². The van der Waals surface area contributed by atoms with Crippen molar-refractivity contribution in [2.45, 2.75) is 56.5 Å². The van der Waals surface area contributed by atoms with Crippen molar-refractivity contribution in [1.82, 2.24) is 14.5 Å². The van der Waals surface area contributed by atoms with Crippen molar-refractivity contribution in [2.24, 2.45) is 0 Å². The van der Waals surface area contributed by atoms with Crippen molar-refractivity contribution in [2.75, 3.05) is 19.6 Å². The summed E-state index contributed by atoms with van der Waals surface area (Å²) < 4.78 is 27.1. The van der Waals surface area contributed by atoms with Crippen molar-refractivity contribution in [3.63, 3.8) is 0 Å². The molecule has 39 heavy (non-hydrogen) atoms. The number of sulfonamides is 1. The number of rotatable bonds is 12. The number of aryl methyl sites for hydroxylation is 1. The molecule has 1 aliphatic rings. The monoisotopic (exact) mass is 547 g/mol. The van der Waals surface area contributed by atoms with Crippen LogP contribution in [0.2, 0.25) is 0 Å². The first-order chi connectivity index (χ1) is 18.8. The highest BCUT2D eigenvalue weighted by molar-refractivity contribution is 7.89. The maximum atomic E-state index is 13.4. The summed E-state index contributed by atoms with van der Waals surface area (Å²) in [6, 6.07) is 25.8. The molecule has 1 N–H and O–H groups in total. The minimum absolute atomic E-state index is 0.127. The van der Waals surface area contributed by atoms with Crippen LogP contribution in [-0.2, 0) is 39.0 Å². The number of benzene rings is 3. The number of hydrogen-bond acceptors (Lipinski definition) is 4. The summed E-state index contributed by atoms with van der Waals surface area (Å²) in [4.78, 5) is 28.3. The molecule has 0 unspecified atom stereocenters. The van der Waals surface area contributed by atoms with Crippen LogP contribution in [0.15, 0.2) is 89.8 Å². The lowest BCUT2D eigenvalue weighted by atomic mass is 10.1. The zero-order valence-electron chi connectivity index (χ0n) is 22.5. The molecule has 0 spiro atoms. The van der Waals surface area contributed by atoms with Gasteiger partial charge in [-0.25, -0.2) is 8.42 Å². The van der Waals surface area contributed by atoms with Crippen molar-refractivity contribution in [1.29, 1.82) is 0 Å². The summed E-state index contributed by atoms with van der Waals surface area (Å²) >= 11 is 0. The standard InChI is InChI=1S/C31H37N3O4S/c1-25(31(36)32-21-20-26-10-4-2-5-11-26)34(24-28-12-6-3-7-13-28)30(35)19-16-27-14-17-29(18-15-27)39(37,38)33-22-8-9-23-33/h2-7,10-15,17-18,25H,8-9,16,19-24H2,1H3,(H,32,36)/t25-/m0/s1. The Labute approximate surface area is 231 Å². The van der Waals surface area contributed by atoms with Gasteiger partial charge in [0.25, 0.3) is 0 Å². The van der Waals surface area contributed by atoms with E-state index in [0.29, 0.717) is 32.6 Å². The summed E-state index contributed by atoms with van der Waals surface area (Å²) in [5.74, 6) is -0.315. The van der Waals surface area contributed by atoms with Crippen LogP contribution in [0.1, 0.15) is 42.9 Å². The van der Waals surface area contributed by atoms with Crippen LogP contribution >= 0.6 is 0 Å². The lowest BCUT2D eigenvalue weighted by molar-refractivity contribution is -0.140. The number of carbonyl (C=O) groups excluding carboxylic acids is 2. The average molecular weight is 548 g/mol. The summed E-state index contributed by atoms with van der Waals surface area (Å²) in [6.07, 6.45) is 3.17. The van der Waals surface area contributed by atoms with Gasteiger partial charge in [-0.3, -0.25) is 9.59 Å². The highest BCUT2D eigenvalue weighted by atomic mass is 32.2. The predicted octanol–water partition coefficient (Wildman–Crippen LogP) is 4.18. The van der Waals surface area contributed by atoms with E-state index in [1.165, 1.54) is 4.31 Å². The van der Waals surface area contributed by atoms with Gasteiger partial charge in [0.1, 0.15) is 6.04 Å². The molecule has 8 heteroatoms. The van der Waals surface area contributed by atoms with Gasteiger partial charge in [0.05, 0.1) is 4.90 Å². The summed E-state index contributed by atoms with van der Waals surface area (Å²) in [5.41, 5.74) is 2.97. The van der Waals surface area contributed by atoms with Crippen molar-refractivity contribution in [3.05, 3.63) is 102 Å². The van der Waals surface area contributed by atoms with Crippen LogP contribution in [0.25, 0.3) is 0 Å². The van der Waals surface area contributed by atoms with Crippen LogP contribution in [-0.4, -0.2) is 55.1 Å². The predicted molar refractivity (Wildman–Crippen MR) is 152 cm³/mol. The van der Waals surface area contributed by atoms with Crippen LogP contribution in [0.5, 0.6) is 0 Å². The van der Waals surface area contributed by atoms with Gasteiger partial charge in [-0.2, -0.15) is 4.31 Å². The van der Waals surface area contributed by atoms with Crippen molar-refractivity contribution < 1.29 is 18.0 Å². The maximum absolute atomic E-state index is 13.4. The number of hydrogen-bond donors (Lipinski definition) is 1. The van der Waals surface area contributed by atoms with Gasteiger partial charge < -0.3 is 10.2 Å². The van der Waals surface area contributed by atoms with Crippen molar-refractivity contribution in [3.8, 4) is 0 Å². The molecule has 0 bridgehead atoms. The summed E-state index contributed by atoms with van der Waals surface area (Å²) in [5, 5.41) is 2.98. The fraction of sp³-hybridized carbons (Fsp3) is 0.355. The van der Waals surface area contributed by atoms with Crippen molar-refractivity contribution >= 4 is 21.8 Å². The molecule has 206 valence electrons. The Hall–Kier alpha value is -3.49. The molecule has 3 aromatic carbocycles. The summed E-state index contributed by atoms with van der Waals surface area (Å²) in [7, 11) is -3.47. The molecule has 1 fully saturated rings. The van der Waals surface area contributed by atoms with Gasteiger partial charge in [0, 0.05) is 32.6 Å². The lowest BCUT2D eigenvalue weighted by Gasteiger charge is -2.29. The zero-order chi connectivity index (χ0) is 27.7. The first-order valence-corrected chi connectivity index (χ1v) is 15.0. The molecule has 0 saturated carbocycles. The van der Waals surface area contributed by atoms with E-state index in [-0.39, 0.29) is 23.1 Å². The molecule has 1 atom stereocenters. The highest BCUT2D eigenvalue weighted by Crippen LogP contribution is 2.22. The van der Waals surface area contributed by atoms with Gasteiger partial charge >= 0.3 is 0 Å². The molecule has 3 aromatic rings. The van der Waals surface area contributed by atoms with E-state index in [1.54, 1.807) is 36.1 Å². The Morgan fingerprint density at radius 2 is 1.38 bits per heavy atom. The average Bonchev–Trinajstić information content (AvgIpc) is 3.52. The molecule has 7 nitrogen and oxygen atoms in total. The first kappa shape index (κ1) is 28.5. The van der Waals surface area contributed by atoms with E-state index in [1.807, 2.05) is 60.7 Å². The molecular weight excluding hydrogens is 510 g/mol. The van der Waals surface area contributed by atoms with Crippen LogP contribution in [0.4, 0.5) is 0 Å². The quantitative estimate of drug-likeness (QED) is 0.369. The fourth-order valence-electron chi connectivity index (χ4n) is 4.79. The van der Waals surface area contributed by atoms with Crippen LogP contribution < -0.4 is 5.32 Å². The smallest absolute Gasteiger partial charge is 0.243 e. The zero-order valence-corrected chi connectivity index (χ0v) is 23.3. The third-order valence-corrected chi connectivity index (χ3v) is 9.09. The summed E-state index contributed by atoms with van der Waals surface area (Å²) in [6.45, 7) is 3.71. The van der Waals surface area contributed by atoms with Crippen LogP contribution in [0.3, 0.4) is 0 Å². The van der Waals surface area contributed by atoms with Crippen LogP contribution in [0, 0.1) is 0 Å². The first-order valence-electron chi connectivity index (χ1n) is 13.6. The normalized spacial score (nSPS) is 14.6. The second-order valence-corrected chi connectivity index (χ2v) is 11.9. The minimum atomic E-state index is -3.47. The molecular formula is C31H37N3O4S. The maximum Gasteiger partial charge on any atom is 0.243 e. The molecule has 1 aliphatic heterocycles. The lowest BCUT2D eigenvalue weighted by Crippen LogP contribution is -2.48. The number of nitrogens with zero attached hydrogens (tertiary/aromatic N) is 2. The highest BCUT2D eigenvalue weighted by Gasteiger charge is 2.28. The van der Waals surface area contributed by atoms with E-state index in [2.05, 4.69) is 5.32 Å².